The van der Waals surface area contributed by atoms with Gasteiger partial charge in [-0.05, 0) is 28.1 Å². The average Bonchev–Trinajstić information content (AvgIpc) is 2.61. The van der Waals surface area contributed by atoms with Gasteiger partial charge in [0.05, 0.1) is 5.69 Å². The Kier molecular flexibility index (Phi) is 2.40. The van der Waals surface area contributed by atoms with Gasteiger partial charge in [-0.1, -0.05) is 12.1 Å². The molecule has 0 aliphatic carbocycles. The van der Waals surface area contributed by atoms with Gasteiger partial charge in [-0.2, -0.15) is 0 Å². The molecule has 0 saturated carbocycles. The molecule has 0 radical (unpaired) electrons. The van der Waals surface area contributed by atoms with Gasteiger partial charge in [-0.3, -0.25) is 0 Å². The molecule has 1 heterocycles. The Morgan fingerprint density at radius 2 is 2.15 bits per heavy atom. The number of para-hydroxylation sites is 1. The Morgan fingerprint density at radius 1 is 1.31 bits per heavy atom. The van der Waals surface area contributed by atoms with Gasteiger partial charge in [0, 0.05) is 4.47 Å². The number of ether oxygens (including phenoxy) is 2. The number of hydrogen-bond donors (Lipinski definition) is 1. The number of nitrogens with one attached hydrogen (secondary N) is 1. The molecule has 2 rings (SSSR count). The molecule has 0 aromatic heterocycles. The minimum absolute atomic E-state index is 0.285. The third-order valence-electron chi connectivity index (χ3n) is 1.60. The van der Waals surface area contributed by atoms with Crippen molar-refractivity contribution in [1.82, 2.24) is 0 Å². The Balaban J connectivity index is 2.13. The first-order valence-corrected chi connectivity index (χ1v) is 4.62. The lowest BCUT2D eigenvalue weighted by Crippen LogP contribution is -1.99. The van der Waals surface area contributed by atoms with Crippen molar-refractivity contribution >= 4 is 21.6 Å². The molecule has 1 aliphatic heterocycles. The third kappa shape index (κ3) is 1.95. The molecule has 1 aromatic carbocycles. The first-order valence-electron chi connectivity index (χ1n) is 3.82. The van der Waals surface area contributed by atoms with Gasteiger partial charge in [-0.15, -0.1) is 0 Å². The van der Waals surface area contributed by atoms with E-state index in [9.17, 15) is 0 Å². The van der Waals surface area contributed by atoms with Crippen molar-refractivity contribution in [2.45, 2.75) is 0 Å². The summed E-state index contributed by atoms with van der Waals surface area (Å²) in [7, 11) is 0. The Labute approximate surface area is 84.5 Å². The molecule has 0 bridgehead atoms. The SMILES string of the molecule is Brc1ccccc1NC1=COCO1. The van der Waals surface area contributed by atoms with Crippen molar-refractivity contribution in [3.63, 3.8) is 0 Å². The van der Waals surface area contributed by atoms with Gasteiger partial charge in [0.2, 0.25) is 12.7 Å². The van der Waals surface area contributed by atoms with E-state index in [2.05, 4.69) is 21.2 Å². The van der Waals surface area contributed by atoms with Gasteiger partial charge in [0.25, 0.3) is 0 Å². The summed E-state index contributed by atoms with van der Waals surface area (Å²) in [6.45, 7) is 0.285. The highest BCUT2D eigenvalue weighted by atomic mass is 79.9. The summed E-state index contributed by atoms with van der Waals surface area (Å²) < 4.78 is 11.0. The van der Waals surface area contributed by atoms with Crippen LogP contribution in [0.15, 0.2) is 40.9 Å². The summed E-state index contributed by atoms with van der Waals surface area (Å²) in [5, 5.41) is 3.08. The van der Waals surface area contributed by atoms with Gasteiger partial charge < -0.3 is 14.8 Å². The summed E-state index contributed by atoms with van der Waals surface area (Å²) in [6, 6.07) is 7.81. The molecule has 0 spiro atoms. The molecule has 0 amide bonds. The van der Waals surface area contributed by atoms with Crippen LogP contribution in [0, 0.1) is 0 Å². The number of anilines is 1. The number of rotatable bonds is 2. The maximum Gasteiger partial charge on any atom is 0.232 e. The van der Waals surface area contributed by atoms with Crippen LogP contribution in [-0.2, 0) is 9.47 Å². The van der Waals surface area contributed by atoms with Crippen LogP contribution in [0.3, 0.4) is 0 Å². The molecular weight excluding hydrogens is 234 g/mol. The molecule has 3 nitrogen and oxygen atoms in total. The predicted molar refractivity (Wildman–Crippen MR) is 52.9 cm³/mol. The molecule has 1 N–H and O–H groups in total. The standard InChI is InChI=1S/C9H8BrNO2/c10-7-3-1-2-4-8(7)11-9-5-12-6-13-9/h1-5,11H,6H2. The smallest absolute Gasteiger partial charge is 0.232 e. The quantitative estimate of drug-likeness (QED) is 0.864. The third-order valence-corrected chi connectivity index (χ3v) is 2.30. The van der Waals surface area contributed by atoms with Crippen LogP contribution in [0.5, 0.6) is 0 Å². The number of hydrogen-bond acceptors (Lipinski definition) is 3. The van der Waals surface area contributed by atoms with Crippen molar-refractivity contribution in [3.8, 4) is 0 Å². The van der Waals surface area contributed by atoms with E-state index in [1.165, 1.54) is 0 Å². The molecule has 0 atom stereocenters. The van der Waals surface area contributed by atoms with E-state index in [0.717, 1.165) is 10.2 Å². The van der Waals surface area contributed by atoms with E-state index in [1.54, 1.807) is 6.26 Å². The van der Waals surface area contributed by atoms with Crippen molar-refractivity contribution in [2.75, 3.05) is 12.1 Å². The molecule has 0 saturated heterocycles. The lowest BCUT2D eigenvalue weighted by Gasteiger charge is -2.06. The second kappa shape index (κ2) is 3.70. The Hall–Kier alpha value is -1.16. The summed E-state index contributed by atoms with van der Waals surface area (Å²) in [5.41, 5.74) is 0.958. The average molecular weight is 242 g/mol. The Morgan fingerprint density at radius 3 is 2.85 bits per heavy atom. The fraction of sp³-hybridized carbons (Fsp3) is 0.111. The normalized spacial score (nSPS) is 14.4. The number of halogens is 1. The van der Waals surface area contributed by atoms with E-state index in [-0.39, 0.29) is 6.79 Å². The van der Waals surface area contributed by atoms with Crippen molar-refractivity contribution in [3.05, 3.63) is 40.9 Å². The van der Waals surface area contributed by atoms with Crippen LogP contribution in [0.2, 0.25) is 0 Å². The Bertz CT molecular complexity index is 338. The fourth-order valence-corrected chi connectivity index (χ4v) is 1.39. The van der Waals surface area contributed by atoms with Gasteiger partial charge in [0.15, 0.2) is 0 Å². The highest BCUT2D eigenvalue weighted by molar-refractivity contribution is 9.10. The van der Waals surface area contributed by atoms with Crippen LogP contribution in [-0.4, -0.2) is 6.79 Å². The molecule has 0 fully saturated rings. The van der Waals surface area contributed by atoms with Crippen LogP contribution >= 0.6 is 15.9 Å². The minimum atomic E-state index is 0.285. The highest BCUT2D eigenvalue weighted by Crippen LogP contribution is 2.23. The molecule has 4 heteroatoms. The lowest BCUT2D eigenvalue weighted by molar-refractivity contribution is 0.0823. The van der Waals surface area contributed by atoms with Crippen molar-refractivity contribution in [2.24, 2.45) is 0 Å². The van der Waals surface area contributed by atoms with E-state index in [1.807, 2.05) is 24.3 Å². The summed E-state index contributed by atoms with van der Waals surface area (Å²) >= 11 is 3.42. The van der Waals surface area contributed by atoms with Gasteiger partial charge in [0.1, 0.15) is 6.26 Å². The second-order valence-electron chi connectivity index (χ2n) is 2.52. The summed E-state index contributed by atoms with van der Waals surface area (Å²) in [6.07, 6.45) is 1.56. The van der Waals surface area contributed by atoms with Gasteiger partial charge in [-0.25, -0.2) is 0 Å². The zero-order valence-electron chi connectivity index (χ0n) is 6.79. The van der Waals surface area contributed by atoms with Gasteiger partial charge >= 0.3 is 0 Å². The monoisotopic (exact) mass is 241 g/mol. The molecule has 1 aromatic rings. The van der Waals surface area contributed by atoms with Crippen LogP contribution in [0.25, 0.3) is 0 Å². The molecular formula is C9H8BrNO2. The zero-order valence-corrected chi connectivity index (χ0v) is 8.37. The van der Waals surface area contributed by atoms with E-state index < -0.39 is 0 Å². The maximum absolute atomic E-state index is 5.12. The topological polar surface area (TPSA) is 30.5 Å². The van der Waals surface area contributed by atoms with E-state index in [0.29, 0.717) is 5.88 Å². The first kappa shape index (κ1) is 8.44. The number of benzene rings is 1. The lowest BCUT2D eigenvalue weighted by atomic mass is 10.3. The second-order valence-corrected chi connectivity index (χ2v) is 3.37. The zero-order chi connectivity index (χ0) is 9.10. The van der Waals surface area contributed by atoms with Crippen molar-refractivity contribution in [1.29, 1.82) is 0 Å². The largest absolute Gasteiger partial charge is 0.459 e. The minimum Gasteiger partial charge on any atom is -0.459 e. The van der Waals surface area contributed by atoms with Crippen LogP contribution in [0.4, 0.5) is 5.69 Å². The van der Waals surface area contributed by atoms with Crippen LogP contribution < -0.4 is 5.32 Å². The van der Waals surface area contributed by atoms with E-state index in [4.69, 9.17) is 9.47 Å². The van der Waals surface area contributed by atoms with E-state index >= 15 is 0 Å². The maximum atomic E-state index is 5.12. The highest BCUT2D eigenvalue weighted by Gasteiger charge is 2.07. The molecule has 1 aliphatic rings. The molecule has 68 valence electrons. The van der Waals surface area contributed by atoms with Crippen LogP contribution in [0.1, 0.15) is 0 Å². The molecule has 13 heavy (non-hydrogen) atoms. The molecule has 0 unspecified atom stereocenters. The van der Waals surface area contributed by atoms with Crippen molar-refractivity contribution < 1.29 is 9.47 Å². The first-order chi connectivity index (χ1) is 6.36. The predicted octanol–water partition coefficient (Wildman–Crippen LogP) is 2.66. The summed E-state index contributed by atoms with van der Waals surface area (Å²) in [5.74, 6) is 0.631. The fourth-order valence-electron chi connectivity index (χ4n) is 1.00. The summed E-state index contributed by atoms with van der Waals surface area (Å²) in [4.78, 5) is 0.